The molecular formula is C14H17NS. The molecule has 0 amide bonds. The summed E-state index contributed by atoms with van der Waals surface area (Å²) in [7, 11) is 0. The molecule has 84 valence electrons. The van der Waals surface area contributed by atoms with Gasteiger partial charge in [0, 0.05) is 9.75 Å². The van der Waals surface area contributed by atoms with E-state index in [1.807, 2.05) is 18.2 Å². The molecule has 0 spiro atoms. The van der Waals surface area contributed by atoms with Gasteiger partial charge in [-0.15, -0.1) is 11.3 Å². The van der Waals surface area contributed by atoms with Crippen LogP contribution in [0.1, 0.15) is 28.7 Å². The molecule has 1 heterocycles. The third-order valence-electron chi connectivity index (χ3n) is 3.03. The quantitative estimate of drug-likeness (QED) is 0.857. The first kappa shape index (κ1) is 11.4. The summed E-state index contributed by atoms with van der Waals surface area (Å²) in [5, 5.41) is 0. The Hall–Kier alpha value is -1.12. The van der Waals surface area contributed by atoms with Crippen molar-refractivity contribution in [3.63, 3.8) is 0 Å². The van der Waals surface area contributed by atoms with E-state index in [0.717, 1.165) is 6.42 Å². The fourth-order valence-corrected chi connectivity index (χ4v) is 2.99. The Labute approximate surface area is 101 Å². The maximum atomic E-state index is 6.56. The van der Waals surface area contributed by atoms with Crippen molar-refractivity contribution < 1.29 is 0 Å². The van der Waals surface area contributed by atoms with E-state index in [1.54, 1.807) is 11.3 Å². The smallest absolute Gasteiger partial charge is 0.0756 e. The van der Waals surface area contributed by atoms with E-state index in [1.165, 1.54) is 15.3 Å². The summed E-state index contributed by atoms with van der Waals surface area (Å²) in [4.78, 5) is 2.56. The number of aryl methyl sites for hydroxylation is 1. The van der Waals surface area contributed by atoms with E-state index in [0.29, 0.717) is 0 Å². The molecule has 0 aliphatic heterocycles. The van der Waals surface area contributed by atoms with Crippen LogP contribution in [-0.4, -0.2) is 0 Å². The normalized spacial score (nSPS) is 14.7. The van der Waals surface area contributed by atoms with Crippen molar-refractivity contribution in [2.75, 3.05) is 0 Å². The van der Waals surface area contributed by atoms with Gasteiger partial charge in [-0.3, -0.25) is 0 Å². The van der Waals surface area contributed by atoms with Crippen LogP contribution in [-0.2, 0) is 5.54 Å². The molecule has 0 aliphatic carbocycles. The third kappa shape index (κ3) is 1.91. The first-order valence-electron chi connectivity index (χ1n) is 5.58. The van der Waals surface area contributed by atoms with E-state index < -0.39 is 0 Å². The number of hydrogen-bond acceptors (Lipinski definition) is 2. The fraction of sp³-hybridized carbons (Fsp3) is 0.286. The number of hydrogen-bond donors (Lipinski definition) is 1. The van der Waals surface area contributed by atoms with Gasteiger partial charge in [0.05, 0.1) is 5.54 Å². The minimum Gasteiger partial charge on any atom is -0.317 e. The van der Waals surface area contributed by atoms with Gasteiger partial charge in [0.1, 0.15) is 0 Å². The highest BCUT2D eigenvalue weighted by molar-refractivity contribution is 7.12. The Balaban J connectivity index is 2.48. The summed E-state index contributed by atoms with van der Waals surface area (Å²) in [6, 6.07) is 14.6. The van der Waals surface area contributed by atoms with Crippen LogP contribution in [0.4, 0.5) is 0 Å². The van der Waals surface area contributed by atoms with Crippen molar-refractivity contribution >= 4 is 11.3 Å². The molecule has 0 radical (unpaired) electrons. The lowest BCUT2D eigenvalue weighted by Gasteiger charge is -2.27. The number of nitrogens with two attached hydrogens (primary N) is 1. The minimum atomic E-state index is -0.333. The molecule has 1 aromatic heterocycles. The zero-order valence-corrected chi connectivity index (χ0v) is 10.6. The van der Waals surface area contributed by atoms with Gasteiger partial charge < -0.3 is 5.73 Å². The average Bonchev–Trinajstić information content (AvgIpc) is 2.76. The van der Waals surface area contributed by atoms with Crippen LogP contribution in [0.25, 0.3) is 0 Å². The van der Waals surface area contributed by atoms with Crippen LogP contribution < -0.4 is 5.73 Å². The van der Waals surface area contributed by atoms with Crippen LogP contribution >= 0.6 is 11.3 Å². The Morgan fingerprint density at radius 1 is 1.12 bits per heavy atom. The monoisotopic (exact) mass is 231 g/mol. The summed E-state index contributed by atoms with van der Waals surface area (Å²) >= 11 is 1.79. The van der Waals surface area contributed by atoms with Crippen LogP contribution in [0.5, 0.6) is 0 Å². The Kier molecular flexibility index (Phi) is 3.13. The summed E-state index contributed by atoms with van der Waals surface area (Å²) in [6.07, 6.45) is 0.914. The minimum absolute atomic E-state index is 0.333. The Morgan fingerprint density at radius 3 is 2.31 bits per heavy atom. The fourth-order valence-electron chi connectivity index (χ4n) is 1.93. The van der Waals surface area contributed by atoms with Crippen molar-refractivity contribution in [2.24, 2.45) is 5.73 Å². The first-order chi connectivity index (χ1) is 7.66. The van der Waals surface area contributed by atoms with E-state index in [9.17, 15) is 0 Å². The SMILES string of the molecule is CCC(N)(c1ccccc1)c1ccc(C)s1. The summed E-state index contributed by atoms with van der Waals surface area (Å²) in [5.74, 6) is 0. The zero-order chi connectivity index (χ0) is 11.6. The lowest BCUT2D eigenvalue weighted by molar-refractivity contribution is 0.530. The molecule has 2 N–H and O–H groups in total. The maximum absolute atomic E-state index is 6.56. The van der Waals surface area contributed by atoms with Gasteiger partial charge in [-0.05, 0) is 31.0 Å². The van der Waals surface area contributed by atoms with Gasteiger partial charge in [0.2, 0.25) is 0 Å². The standard InChI is InChI=1S/C14H17NS/c1-3-14(15,12-7-5-4-6-8-12)13-10-9-11(2)16-13/h4-10H,3,15H2,1-2H3. The van der Waals surface area contributed by atoms with Crippen LogP contribution in [0.15, 0.2) is 42.5 Å². The molecule has 0 saturated carbocycles. The molecule has 2 heteroatoms. The van der Waals surface area contributed by atoms with Gasteiger partial charge >= 0.3 is 0 Å². The largest absolute Gasteiger partial charge is 0.317 e. The molecule has 0 fully saturated rings. The summed E-state index contributed by atoms with van der Waals surface area (Å²) < 4.78 is 0. The van der Waals surface area contributed by atoms with Crippen molar-refractivity contribution in [1.82, 2.24) is 0 Å². The zero-order valence-electron chi connectivity index (χ0n) is 9.73. The van der Waals surface area contributed by atoms with Gasteiger partial charge in [-0.2, -0.15) is 0 Å². The maximum Gasteiger partial charge on any atom is 0.0756 e. The topological polar surface area (TPSA) is 26.0 Å². The Morgan fingerprint density at radius 2 is 1.81 bits per heavy atom. The van der Waals surface area contributed by atoms with E-state index in [2.05, 4.69) is 38.1 Å². The van der Waals surface area contributed by atoms with Crippen molar-refractivity contribution in [2.45, 2.75) is 25.8 Å². The van der Waals surface area contributed by atoms with Crippen molar-refractivity contribution in [1.29, 1.82) is 0 Å². The van der Waals surface area contributed by atoms with E-state index in [4.69, 9.17) is 5.73 Å². The van der Waals surface area contributed by atoms with E-state index in [-0.39, 0.29) is 5.54 Å². The van der Waals surface area contributed by atoms with Crippen LogP contribution in [0.2, 0.25) is 0 Å². The number of benzene rings is 1. The highest BCUT2D eigenvalue weighted by atomic mass is 32.1. The van der Waals surface area contributed by atoms with Crippen LogP contribution in [0.3, 0.4) is 0 Å². The van der Waals surface area contributed by atoms with Crippen LogP contribution in [0, 0.1) is 6.92 Å². The second-order valence-corrected chi connectivity index (χ2v) is 5.39. The first-order valence-corrected chi connectivity index (χ1v) is 6.40. The Bertz CT molecular complexity index is 461. The summed E-state index contributed by atoms with van der Waals surface area (Å²) in [5.41, 5.74) is 7.42. The predicted octanol–water partition coefficient (Wildman–Crippen LogP) is 3.67. The van der Waals surface area contributed by atoms with Gasteiger partial charge in [-0.1, -0.05) is 37.3 Å². The predicted molar refractivity (Wildman–Crippen MR) is 70.8 cm³/mol. The molecule has 2 aromatic rings. The highest BCUT2D eigenvalue weighted by Crippen LogP contribution is 2.34. The lowest BCUT2D eigenvalue weighted by atomic mass is 9.87. The molecule has 16 heavy (non-hydrogen) atoms. The number of rotatable bonds is 3. The molecule has 2 rings (SSSR count). The molecule has 0 saturated heterocycles. The molecule has 1 nitrogen and oxygen atoms in total. The molecule has 1 unspecified atom stereocenters. The highest BCUT2D eigenvalue weighted by Gasteiger charge is 2.28. The molecular weight excluding hydrogens is 214 g/mol. The molecule has 0 bridgehead atoms. The number of thiophene rings is 1. The van der Waals surface area contributed by atoms with Crippen molar-refractivity contribution in [3.8, 4) is 0 Å². The van der Waals surface area contributed by atoms with E-state index >= 15 is 0 Å². The summed E-state index contributed by atoms with van der Waals surface area (Å²) in [6.45, 7) is 4.26. The van der Waals surface area contributed by atoms with Gasteiger partial charge in [0.25, 0.3) is 0 Å². The lowest BCUT2D eigenvalue weighted by Crippen LogP contribution is -2.36. The second kappa shape index (κ2) is 4.40. The molecule has 0 aliphatic rings. The van der Waals surface area contributed by atoms with Gasteiger partial charge in [-0.25, -0.2) is 0 Å². The van der Waals surface area contributed by atoms with Gasteiger partial charge in [0.15, 0.2) is 0 Å². The molecule has 1 aromatic carbocycles. The van der Waals surface area contributed by atoms with Crippen molar-refractivity contribution in [3.05, 3.63) is 57.8 Å². The molecule has 1 atom stereocenters. The third-order valence-corrected chi connectivity index (χ3v) is 4.20. The second-order valence-electron chi connectivity index (χ2n) is 4.10. The average molecular weight is 231 g/mol.